The molecule has 2 aliphatic rings. The van der Waals surface area contributed by atoms with Crippen LogP contribution in [0.5, 0.6) is 11.5 Å². The number of benzene rings is 1. The van der Waals surface area contributed by atoms with Gasteiger partial charge in [0.25, 0.3) is 0 Å². The molecule has 0 aromatic heterocycles. The van der Waals surface area contributed by atoms with Crippen LogP contribution in [0.2, 0.25) is 0 Å². The number of anilines is 1. The Morgan fingerprint density at radius 2 is 1.80 bits per heavy atom. The fourth-order valence-electron chi connectivity index (χ4n) is 4.09. The first-order valence-electron chi connectivity index (χ1n) is 10.8. The number of hydrogen-bond acceptors (Lipinski definition) is 6. The number of carbonyl (C=O) groups excluding carboxylic acids is 3. The molecule has 2 heterocycles. The first-order valence-corrected chi connectivity index (χ1v) is 10.8. The lowest BCUT2D eigenvalue weighted by Gasteiger charge is -2.31. The SMILES string of the molecule is CC(=O)c1cc2c(cc1NC(=O)CN1CCC(CCC(=O)CC(C)C)CC1)OCO2. The van der Waals surface area contributed by atoms with Crippen LogP contribution in [0.25, 0.3) is 0 Å². The topological polar surface area (TPSA) is 84.9 Å². The highest BCUT2D eigenvalue weighted by Gasteiger charge is 2.24. The third-order valence-electron chi connectivity index (χ3n) is 5.71. The maximum Gasteiger partial charge on any atom is 0.238 e. The van der Waals surface area contributed by atoms with E-state index in [-0.39, 0.29) is 25.0 Å². The molecule has 7 nitrogen and oxygen atoms in total. The summed E-state index contributed by atoms with van der Waals surface area (Å²) in [4.78, 5) is 38.6. The molecule has 0 atom stereocenters. The van der Waals surface area contributed by atoms with Gasteiger partial charge in [-0.05, 0) is 57.2 Å². The molecule has 1 N–H and O–H groups in total. The second kappa shape index (κ2) is 10.1. The third-order valence-corrected chi connectivity index (χ3v) is 5.71. The minimum Gasteiger partial charge on any atom is -0.454 e. The summed E-state index contributed by atoms with van der Waals surface area (Å²) in [6, 6.07) is 3.27. The fourth-order valence-corrected chi connectivity index (χ4v) is 4.09. The minimum atomic E-state index is -0.151. The lowest BCUT2D eigenvalue weighted by atomic mass is 9.90. The summed E-state index contributed by atoms with van der Waals surface area (Å²) in [6.45, 7) is 7.69. The number of ketones is 2. The normalized spacial score (nSPS) is 16.7. The Bertz CT molecular complexity index is 797. The Labute approximate surface area is 178 Å². The van der Waals surface area contributed by atoms with Gasteiger partial charge >= 0.3 is 0 Å². The third kappa shape index (κ3) is 6.05. The molecular formula is C23H32N2O5. The molecule has 1 fully saturated rings. The Kier molecular flexibility index (Phi) is 7.48. The fraction of sp³-hybridized carbons (Fsp3) is 0.609. The highest BCUT2D eigenvalue weighted by atomic mass is 16.7. The lowest BCUT2D eigenvalue weighted by molar-refractivity contribution is -0.120. The number of nitrogens with one attached hydrogen (secondary N) is 1. The predicted octanol–water partition coefficient (Wildman–Crippen LogP) is 3.66. The van der Waals surface area contributed by atoms with Gasteiger partial charge in [0.15, 0.2) is 17.3 Å². The smallest absolute Gasteiger partial charge is 0.238 e. The van der Waals surface area contributed by atoms with Gasteiger partial charge in [0.05, 0.1) is 12.2 Å². The molecular weight excluding hydrogens is 384 g/mol. The van der Waals surface area contributed by atoms with Crippen LogP contribution in [0, 0.1) is 11.8 Å². The Hall–Kier alpha value is -2.41. The van der Waals surface area contributed by atoms with Gasteiger partial charge in [-0.3, -0.25) is 19.3 Å². The van der Waals surface area contributed by atoms with Crippen LogP contribution >= 0.6 is 0 Å². The van der Waals surface area contributed by atoms with Crippen LogP contribution in [0.15, 0.2) is 12.1 Å². The van der Waals surface area contributed by atoms with Gasteiger partial charge in [-0.2, -0.15) is 0 Å². The second-order valence-electron chi connectivity index (χ2n) is 8.75. The van der Waals surface area contributed by atoms with Crippen LogP contribution in [-0.4, -0.2) is 48.8 Å². The van der Waals surface area contributed by atoms with Gasteiger partial charge < -0.3 is 14.8 Å². The Morgan fingerprint density at radius 1 is 1.13 bits per heavy atom. The van der Waals surface area contributed by atoms with E-state index in [9.17, 15) is 14.4 Å². The van der Waals surface area contributed by atoms with Crippen molar-refractivity contribution in [3.05, 3.63) is 17.7 Å². The number of piperidine rings is 1. The molecule has 164 valence electrons. The molecule has 1 saturated heterocycles. The van der Waals surface area contributed by atoms with Crippen molar-refractivity contribution in [2.75, 3.05) is 31.7 Å². The van der Waals surface area contributed by atoms with Crippen molar-refractivity contribution in [1.82, 2.24) is 4.90 Å². The summed E-state index contributed by atoms with van der Waals surface area (Å²) in [5, 5.41) is 2.86. The zero-order chi connectivity index (χ0) is 21.7. The van der Waals surface area contributed by atoms with Gasteiger partial charge in [-0.1, -0.05) is 13.8 Å². The number of Topliss-reactive ketones (excluding diaryl/α,β-unsaturated/α-hetero) is 2. The molecule has 0 aliphatic carbocycles. The molecule has 0 spiro atoms. The average Bonchev–Trinajstić information content (AvgIpc) is 3.13. The van der Waals surface area contributed by atoms with E-state index in [2.05, 4.69) is 24.1 Å². The molecule has 7 heteroatoms. The standard InChI is InChI=1S/C23H32N2O5/c1-15(2)10-18(27)5-4-17-6-8-25(9-7-17)13-23(28)24-20-12-22-21(29-14-30-22)11-19(20)16(3)26/h11-12,15,17H,4-10,13-14H2,1-3H3,(H,24,28). The first-order chi connectivity index (χ1) is 14.3. The number of amides is 1. The highest BCUT2D eigenvalue weighted by molar-refractivity contribution is 6.05. The maximum absolute atomic E-state index is 12.6. The van der Waals surface area contributed by atoms with Gasteiger partial charge in [0, 0.05) is 24.5 Å². The lowest BCUT2D eigenvalue weighted by Crippen LogP contribution is -2.39. The van der Waals surface area contributed by atoms with E-state index in [1.165, 1.54) is 6.92 Å². The van der Waals surface area contributed by atoms with Crippen molar-refractivity contribution in [1.29, 1.82) is 0 Å². The summed E-state index contributed by atoms with van der Waals surface area (Å²) in [5.74, 6) is 2.09. The molecule has 1 amide bonds. The van der Waals surface area contributed by atoms with Crippen LogP contribution < -0.4 is 14.8 Å². The van der Waals surface area contributed by atoms with E-state index in [0.717, 1.165) is 32.4 Å². The molecule has 2 aliphatic heterocycles. The summed E-state index contributed by atoms with van der Waals surface area (Å²) in [7, 11) is 0. The van der Waals surface area contributed by atoms with E-state index in [1.807, 2.05) is 0 Å². The van der Waals surface area contributed by atoms with Crippen molar-refractivity contribution < 1.29 is 23.9 Å². The monoisotopic (exact) mass is 416 g/mol. The van der Waals surface area contributed by atoms with E-state index in [1.54, 1.807) is 12.1 Å². The zero-order valence-electron chi connectivity index (χ0n) is 18.2. The molecule has 0 saturated carbocycles. The van der Waals surface area contributed by atoms with Crippen LogP contribution in [0.3, 0.4) is 0 Å². The molecule has 3 rings (SSSR count). The number of carbonyl (C=O) groups is 3. The molecule has 0 unspecified atom stereocenters. The summed E-state index contributed by atoms with van der Waals surface area (Å²) in [6.07, 6.45) is 4.29. The van der Waals surface area contributed by atoms with Crippen LogP contribution in [0.4, 0.5) is 5.69 Å². The number of ether oxygens (including phenoxy) is 2. The minimum absolute atomic E-state index is 0.113. The number of nitrogens with zero attached hydrogens (tertiary/aromatic N) is 1. The Morgan fingerprint density at radius 3 is 2.43 bits per heavy atom. The largest absolute Gasteiger partial charge is 0.454 e. The molecule has 1 aromatic rings. The summed E-state index contributed by atoms with van der Waals surface area (Å²) < 4.78 is 10.7. The van der Waals surface area contributed by atoms with Crippen molar-refractivity contribution in [2.24, 2.45) is 11.8 Å². The zero-order valence-corrected chi connectivity index (χ0v) is 18.2. The quantitative estimate of drug-likeness (QED) is 0.619. The maximum atomic E-state index is 12.6. The van der Waals surface area contributed by atoms with E-state index < -0.39 is 0 Å². The van der Waals surface area contributed by atoms with Crippen molar-refractivity contribution >= 4 is 23.2 Å². The van der Waals surface area contributed by atoms with E-state index >= 15 is 0 Å². The molecule has 0 radical (unpaired) electrons. The van der Waals surface area contributed by atoms with Crippen molar-refractivity contribution in [2.45, 2.75) is 52.9 Å². The van der Waals surface area contributed by atoms with Crippen LogP contribution in [0.1, 0.15) is 63.2 Å². The highest BCUT2D eigenvalue weighted by Crippen LogP contribution is 2.37. The summed E-state index contributed by atoms with van der Waals surface area (Å²) in [5.41, 5.74) is 0.868. The van der Waals surface area contributed by atoms with Gasteiger partial charge in [0.2, 0.25) is 12.7 Å². The second-order valence-corrected chi connectivity index (χ2v) is 8.75. The number of fused-ring (bicyclic) bond motifs is 1. The van der Waals surface area contributed by atoms with Crippen molar-refractivity contribution in [3.63, 3.8) is 0 Å². The Balaban J connectivity index is 1.47. The van der Waals surface area contributed by atoms with E-state index in [0.29, 0.717) is 53.2 Å². The average molecular weight is 417 g/mol. The van der Waals surface area contributed by atoms with Gasteiger partial charge in [-0.25, -0.2) is 0 Å². The molecule has 30 heavy (non-hydrogen) atoms. The first kappa shape index (κ1) is 22.3. The number of hydrogen-bond donors (Lipinski definition) is 1. The molecule has 0 bridgehead atoms. The molecule has 1 aromatic carbocycles. The van der Waals surface area contributed by atoms with Gasteiger partial charge in [0.1, 0.15) is 5.78 Å². The van der Waals surface area contributed by atoms with Gasteiger partial charge in [-0.15, -0.1) is 0 Å². The predicted molar refractivity (Wildman–Crippen MR) is 114 cm³/mol. The number of likely N-dealkylation sites (tertiary alicyclic amines) is 1. The van der Waals surface area contributed by atoms with E-state index in [4.69, 9.17) is 9.47 Å². The van der Waals surface area contributed by atoms with Crippen molar-refractivity contribution in [3.8, 4) is 11.5 Å². The summed E-state index contributed by atoms with van der Waals surface area (Å²) >= 11 is 0. The van der Waals surface area contributed by atoms with Crippen LogP contribution in [-0.2, 0) is 9.59 Å². The number of rotatable bonds is 9.